The van der Waals surface area contributed by atoms with Crippen LogP contribution in [0.2, 0.25) is 0 Å². The predicted octanol–water partition coefficient (Wildman–Crippen LogP) is 3.02. The first kappa shape index (κ1) is 9.26. The lowest BCUT2D eigenvalue weighted by Gasteiger charge is -2.33. The first-order chi connectivity index (χ1) is 6.12. The molecule has 1 nitrogen and oxygen atoms in total. The zero-order chi connectivity index (χ0) is 9.47. The maximum absolute atomic E-state index is 5.47. The summed E-state index contributed by atoms with van der Waals surface area (Å²) in [6.07, 6.45) is 4.96. The highest BCUT2D eigenvalue weighted by atomic mass is 16.5. The Morgan fingerprint density at radius 2 is 2.23 bits per heavy atom. The van der Waals surface area contributed by atoms with Crippen LogP contribution >= 0.6 is 0 Å². The van der Waals surface area contributed by atoms with Gasteiger partial charge in [-0.05, 0) is 37.0 Å². The largest absolute Gasteiger partial charge is 0.381 e. The molecule has 1 aliphatic carbocycles. The van der Waals surface area contributed by atoms with Crippen molar-refractivity contribution >= 4 is 0 Å². The highest BCUT2D eigenvalue weighted by Crippen LogP contribution is 2.48. The zero-order valence-corrected chi connectivity index (χ0v) is 8.97. The summed E-state index contributed by atoms with van der Waals surface area (Å²) in [5, 5.41) is 0. The number of hydrogen-bond donors (Lipinski definition) is 0. The minimum Gasteiger partial charge on any atom is -0.381 e. The van der Waals surface area contributed by atoms with E-state index in [0.29, 0.717) is 5.41 Å². The Balaban J connectivity index is 2.10. The van der Waals surface area contributed by atoms with Crippen LogP contribution in [0.3, 0.4) is 0 Å². The van der Waals surface area contributed by atoms with E-state index in [1.807, 2.05) is 0 Å². The average Bonchev–Trinajstić information content (AvgIpc) is 2.62. The molecule has 13 heavy (non-hydrogen) atoms. The van der Waals surface area contributed by atoms with Crippen LogP contribution in [-0.4, -0.2) is 13.2 Å². The van der Waals surface area contributed by atoms with E-state index in [1.165, 1.54) is 12.8 Å². The maximum atomic E-state index is 5.47. The molecule has 2 rings (SSSR count). The van der Waals surface area contributed by atoms with E-state index >= 15 is 0 Å². The standard InChI is InChI=1S/C12H20O/c1-9-4-5-11(12(9,2)3)10-6-7-13-8-10/h4,10-11H,5-8H2,1-3H3. The topological polar surface area (TPSA) is 9.23 Å². The quantitative estimate of drug-likeness (QED) is 0.564. The summed E-state index contributed by atoms with van der Waals surface area (Å²) in [5.74, 6) is 1.64. The van der Waals surface area contributed by atoms with Gasteiger partial charge in [0.05, 0.1) is 0 Å². The van der Waals surface area contributed by atoms with Crippen molar-refractivity contribution in [3.8, 4) is 0 Å². The van der Waals surface area contributed by atoms with Crippen molar-refractivity contribution in [3.63, 3.8) is 0 Å². The highest BCUT2D eigenvalue weighted by Gasteiger charge is 2.40. The number of hydrogen-bond acceptors (Lipinski definition) is 1. The molecule has 0 N–H and O–H groups in total. The van der Waals surface area contributed by atoms with E-state index < -0.39 is 0 Å². The molecule has 2 aliphatic rings. The van der Waals surface area contributed by atoms with E-state index in [0.717, 1.165) is 25.0 Å². The van der Waals surface area contributed by atoms with Gasteiger partial charge in [-0.15, -0.1) is 0 Å². The molecule has 2 atom stereocenters. The Bertz CT molecular complexity index is 221. The lowest BCUT2D eigenvalue weighted by Crippen LogP contribution is -2.27. The van der Waals surface area contributed by atoms with Crippen LogP contribution in [-0.2, 0) is 4.74 Å². The first-order valence-corrected chi connectivity index (χ1v) is 5.37. The van der Waals surface area contributed by atoms with Crippen molar-refractivity contribution in [2.24, 2.45) is 17.3 Å². The third-order valence-electron chi connectivity index (χ3n) is 4.16. The van der Waals surface area contributed by atoms with Gasteiger partial charge in [-0.25, -0.2) is 0 Å². The molecule has 0 amide bonds. The van der Waals surface area contributed by atoms with Crippen LogP contribution in [0, 0.1) is 17.3 Å². The summed E-state index contributed by atoms with van der Waals surface area (Å²) in [6.45, 7) is 9.02. The second-order valence-electron chi connectivity index (χ2n) is 5.07. The monoisotopic (exact) mass is 180 g/mol. The van der Waals surface area contributed by atoms with Crippen molar-refractivity contribution in [3.05, 3.63) is 11.6 Å². The van der Waals surface area contributed by atoms with Gasteiger partial charge in [-0.1, -0.05) is 25.5 Å². The lowest BCUT2D eigenvalue weighted by atomic mass is 9.71. The molecule has 0 radical (unpaired) electrons. The van der Waals surface area contributed by atoms with Gasteiger partial charge >= 0.3 is 0 Å². The molecular formula is C12H20O. The SMILES string of the molecule is CC1=CCC(C2CCOC2)C1(C)C. The van der Waals surface area contributed by atoms with E-state index in [1.54, 1.807) is 5.57 Å². The zero-order valence-electron chi connectivity index (χ0n) is 8.97. The molecular weight excluding hydrogens is 160 g/mol. The van der Waals surface area contributed by atoms with Crippen molar-refractivity contribution < 1.29 is 4.74 Å². The summed E-state index contributed by atoms with van der Waals surface area (Å²) in [4.78, 5) is 0. The van der Waals surface area contributed by atoms with Crippen LogP contribution in [0.25, 0.3) is 0 Å². The molecule has 1 heteroatoms. The molecule has 1 fully saturated rings. The number of rotatable bonds is 1. The molecule has 74 valence electrons. The Kier molecular flexibility index (Phi) is 2.23. The Morgan fingerprint density at radius 3 is 2.69 bits per heavy atom. The van der Waals surface area contributed by atoms with Gasteiger partial charge < -0.3 is 4.74 Å². The van der Waals surface area contributed by atoms with Crippen LogP contribution in [0.1, 0.15) is 33.6 Å². The van der Waals surface area contributed by atoms with Crippen molar-refractivity contribution in [2.75, 3.05) is 13.2 Å². The number of allylic oxidation sites excluding steroid dienone is 2. The van der Waals surface area contributed by atoms with Crippen LogP contribution < -0.4 is 0 Å². The maximum Gasteiger partial charge on any atom is 0.0498 e. The van der Waals surface area contributed by atoms with E-state index in [2.05, 4.69) is 26.8 Å². The van der Waals surface area contributed by atoms with E-state index in [4.69, 9.17) is 4.74 Å². The predicted molar refractivity (Wildman–Crippen MR) is 54.6 cm³/mol. The van der Waals surface area contributed by atoms with Crippen molar-refractivity contribution in [1.29, 1.82) is 0 Å². The minimum absolute atomic E-state index is 0.415. The van der Waals surface area contributed by atoms with Crippen molar-refractivity contribution in [1.82, 2.24) is 0 Å². The van der Waals surface area contributed by atoms with E-state index in [9.17, 15) is 0 Å². The van der Waals surface area contributed by atoms with Gasteiger partial charge in [0.2, 0.25) is 0 Å². The third kappa shape index (κ3) is 1.43. The highest BCUT2D eigenvalue weighted by molar-refractivity contribution is 5.19. The Morgan fingerprint density at radius 1 is 1.46 bits per heavy atom. The molecule has 1 heterocycles. The molecule has 0 saturated carbocycles. The van der Waals surface area contributed by atoms with Crippen LogP contribution in [0.5, 0.6) is 0 Å². The first-order valence-electron chi connectivity index (χ1n) is 5.37. The van der Waals surface area contributed by atoms with Crippen LogP contribution in [0.15, 0.2) is 11.6 Å². The molecule has 0 aromatic heterocycles. The van der Waals surface area contributed by atoms with Gasteiger partial charge in [0.1, 0.15) is 0 Å². The smallest absolute Gasteiger partial charge is 0.0498 e. The van der Waals surface area contributed by atoms with Gasteiger partial charge in [-0.3, -0.25) is 0 Å². The van der Waals surface area contributed by atoms with Gasteiger partial charge in [-0.2, -0.15) is 0 Å². The summed E-state index contributed by atoms with van der Waals surface area (Å²) < 4.78 is 5.47. The Hall–Kier alpha value is -0.300. The molecule has 1 saturated heterocycles. The van der Waals surface area contributed by atoms with Gasteiger partial charge in [0.25, 0.3) is 0 Å². The fourth-order valence-corrected chi connectivity index (χ4v) is 2.81. The van der Waals surface area contributed by atoms with Crippen molar-refractivity contribution in [2.45, 2.75) is 33.6 Å². The lowest BCUT2D eigenvalue weighted by molar-refractivity contribution is 0.143. The summed E-state index contributed by atoms with van der Waals surface area (Å²) in [6, 6.07) is 0. The second kappa shape index (κ2) is 3.13. The number of ether oxygens (including phenoxy) is 1. The fraction of sp³-hybridized carbons (Fsp3) is 0.833. The van der Waals surface area contributed by atoms with Gasteiger partial charge in [0, 0.05) is 13.2 Å². The van der Waals surface area contributed by atoms with Crippen LogP contribution in [0.4, 0.5) is 0 Å². The third-order valence-corrected chi connectivity index (χ3v) is 4.16. The average molecular weight is 180 g/mol. The molecule has 0 spiro atoms. The summed E-state index contributed by atoms with van der Waals surface area (Å²) >= 11 is 0. The minimum atomic E-state index is 0.415. The molecule has 0 bridgehead atoms. The summed E-state index contributed by atoms with van der Waals surface area (Å²) in [7, 11) is 0. The molecule has 0 aromatic carbocycles. The molecule has 1 aliphatic heterocycles. The normalized spacial score (nSPS) is 37.9. The molecule has 2 unspecified atom stereocenters. The summed E-state index contributed by atoms with van der Waals surface area (Å²) in [5.41, 5.74) is 1.99. The fourth-order valence-electron chi connectivity index (χ4n) is 2.81. The molecule has 0 aromatic rings. The second-order valence-corrected chi connectivity index (χ2v) is 5.07. The van der Waals surface area contributed by atoms with Gasteiger partial charge in [0.15, 0.2) is 0 Å². The Labute approximate surface area is 81.2 Å². The van der Waals surface area contributed by atoms with E-state index in [-0.39, 0.29) is 0 Å².